The summed E-state index contributed by atoms with van der Waals surface area (Å²) in [4.78, 5) is 56.1. The molecular formula is C13H22N4O8. The number of carboxylic acids is 2. The van der Waals surface area contributed by atoms with Crippen LogP contribution in [-0.2, 0) is 24.0 Å². The van der Waals surface area contributed by atoms with Crippen molar-refractivity contribution >= 4 is 29.7 Å². The van der Waals surface area contributed by atoms with Gasteiger partial charge in [0.1, 0.15) is 18.1 Å². The minimum absolute atomic E-state index is 0.310. The number of amides is 3. The highest BCUT2D eigenvalue weighted by Gasteiger charge is 2.23. The summed E-state index contributed by atoms with van der Waals surface area (Å²) in [5.74, 6) is -4.93. The zero-order valence-electron chi connectivity index (χ0n) is 13.5. The number of hydrogen-bond acceptors (Lipinski definition) is 7. The lowest BCUT2D eigenvalue weighted by atomic mass is 10.1. The molecule has 0 saturated carbocycles. The first-order chi connectivity index (χ1) is 11.6. The Morgan fingerprint density at radius 1 is 1.04 bits per heavy atom. The molecule has 0 spiro atoms. The number of carboxylic acid groups (broad SMARTS) is 2. The van der Waals surface area contributed by atoms with E-state index in [1.165, 1.54) is 6.92 Å². The maximum absolute atomic E-state index is 11.7. The molecule has 3 atom stereocenters. The number of aliphatic carboxylic acids is 2. The van der Waals surface area contributed by atoms with Crippen molar-refractivity contribution in [3.05, 3.63) is 0 Å². The summed E-state index contributed by atoms with van der Waals surface area (Å²) < 4.78 is 0. The molecular weight excluding hydrogens is 340 g/mol. The molecule has 142 valence electrons. The Morgan fingerprint density at radius 2 is 1.64 bits per heavy atom. The highest BCUT2D eigenvalue weighted by molar-refractivity contribution is 5.92. The zero-order valence-corrected chi connectivity index (χ0v) is 13.5. The molecule has 0 aliphatic carbocycles. The van der Waals surface area contributed by atoms with Crippen LogP contribution in [0.5, 0.6) is 0 Å². The quantitative estimate of drug-likeness (QED) is 0.193. The molecule has 0 heterocycles. The summed E-state index contributed by atoms with van der Waals surface area (Å²) in [6, 6.07) is -3.63. The van der Waals surface area contributed by atoms with E-state index >= 15 is 0 Å². The molecule has 3 amide bonds. The fourth-order valence-electron chi connectivity index (χ4n) is 1.56. The summed E-state index contributed by atoms with van der Waals surface area (Å²) in [5, 5.41) is 32.6. The highest BCUT2D eigenvalue weighted by Crippen LogP contribution is 1.98. The van der Waals surface area contributed by atoms with Gasteiger partial charge in [-0.2, -0.15) is 0 Å². The lowest BCUT2D eigenvalue weighted by molar-refractivity contribution is -0.143. The fraction of sp³-hybridized carbons (Fsp3) is 0.615. The topological polar surface area (TPSA) is 208 Å². The maximum Gasteiger partial charge on any atom is 0.326 e. The van der Waals surface area contributed by atoms with E-state index in [9.17, 15) is 24.0 Å². The molecule has 0 radical (unpaired) electrons. The second-order valence-corrected chi connectivity index (χ2v) is 5.13. The van der Waals surface area contributed by atoms with Crippen LogP contribution in [0.3, 0.4) is 0 Å². The Balaban J connectivity index is 4.37. The number of nitrogens with one attached hydrogen (secondary N) is 3. The van der Waals surface area contributed by atoms with Crippen LogP contribution in [0.4, 0.5) is 0 Å². The van der Waals surface area contributed by atoms with Crippen molar-refractivity contribution in [2.45, 2.75) is 37.9 Å². The molecule has 0 aromatic heterocycles. The van der Waals surface area contributed by atoms with Crippen LogP contribution < -0.4 is 21.7 Å². The molecule has 12 heteroatoms. The van der Waals surface area contributed by atoms with Crippen molar-refractivity contribution in [2.24, 2.45) is 5.73 Å². The van der Waals surface area contributed by atoms with E-state index in [0.29, 0.717) is 0 Å². The number of aliphatic hydroxyl groups excluding tert-OH is 1. The van der Waals surface area contributed by atoms with Crippen molar-refractivity contribution < 1.29 is 39.3 Å². The first-order valence-corrected chi connectivity index (χ1v) is 7.27. The van der Waals surface area contributed by atoms with E-state index in [2.05, 4.69) is 16.0 Å². The van der Waals surface area contributed by atoms with Gasteiger partial charge in [-0.1, -0.05) is 0 Å². The van der Waals surface area contributed by atoms with Crippen molar-refractivity contribution in [2.75, 3.05) is 13.2 Å². The van der Waals surface area contributed by atoms with Crippen molar-refractivity contribution in [1.82, 2.24) is 16.0 Å². The lowest BCUT2D eigenvalue weighted by Gasteiger charge is -2.17. The van der Waals surface area contributed by atoms with E-state index in [1.807, 2.05) is 0 Å². The summed E-state index contributed by atoms with van der Waals surface area (Å²) in [6.45, 7) is 0.152. The van der Waals surface area contributed by atoms with Gasteiger partial charge in [-0.15, -0.1) is 0 Å². The molecule has 0 rings (SSSR count). The van der Waals surface area contributed by atoms with Crippen LogP contribution >= 0.6 is 0 Å². The van der Waals surface area contributed by atoms with Gasteiger partial charge in [0.15, 0.2) is 0 Å². The fourth-order valence-corrected chi connectivity index (χ4v) is 1.56. The molecule has 0 aromatic rings. The third-order valence-electron chi connectivity index (χ3n) is 2.99. The van der Waals surface area contributed by atoms with E-state index in [4.69, 9.17) is 21.1 Å². The summed E-state index contributed by atoms with van der Waals surface area (Å²) in [6.07, 6.45) is -0.756. The summed E-state index contributed by atoms with van der Waals surface area (Å²) >= 11 is 0. The monoisotopic (exact) mass is 362 g/mol. The molecule has 25 heavy (non-hydrogen) atoms. The van der Waals surface area contributed by atoms with Crippen molar-refractivity contribution in [3.8, 4) is 0 Å². The molecule has 0 aromatic carbocycles. The average molecular weight is 362 g/mol. The minimum Gasteiger partial charge on any atom is -0.481 e. The van der Waals surface area contributed by atoms with E-state index in [1.54, 1.807) is 0 Å². The number of rotatable bonds is 11. The van der Waals surface area contributed by atoms with Gasteiger partial charge in [-0.3, -0.25) is 19.2 Å². The van der Waals surface area contributed by atoms with E-state index < -0.39 is 67.4 Å². The smallest absolute Gasteiger partial charge is 0.326 e. The van der Waals surface area contributed by atoms with Crippen molar-refractivity contribution in [3.63, 3.8) is 0 Å². The van der Waals surface area contributed by atoms with Gasteiger partial charge < -0.3 is 37.0 Å². The largest absolute Gasteiger partial charge is 0.481 e. The molecule has 0 bridgehead atoms. The van der Waals surface area contributed by atoms with Crippen LogP contribution in [0.2, 0.25) is 0 Å². The Morgan fingerprint density at radius 3 is 2.12 bits per heavy atom. The first-order valence-electron chi connectivity index (χ1n) is 7.27. The van der Waals surface area contributed by atoms with Gasteiger partial charge in [-0.05, 0) is 13.3 Å². The number of carbonyl (C=O) groups is 5. The number of carbonyl (C=O) groups excluding carboxylic acids is 3. The van der Waals surface area contributed by atoms with Gasteiger partial charge in [0.25, 0.3) is 0 Å². The molecule has 0 fully saturated rings. The van der Waals surface area contributed by atoms with Crippen LogP contribution in [-0.4, -0.2) is 76.3 Å². The Labute approximate surface area is 142 Å². The second kappa shape index (κ2) is 10.9. The van der Waals surface area contributed by atoms with Crippen molar-refractivity contribution in [1.29, 1.82) is 0 Å². The molecule has 0 saturated heterocycles. The van der Waals surface area contributed by atoms with Crippen LogP contribution in [0.25, 0.3) is 0 Å². The van der Waals surface area contributed by atoms with Crippen LogP contribution in [0.15, 0.2) is 0 Å². The van der Waals surface area contributed by atoms with Crippen LogP contribution in [0.1, 0.15) is 19.8 Å². The SMILES string of the molecule is CC(NC(=O)C(N)CO)C(=O)NCC(=O)NC(CCC(=O)O)C(=O)O. The van der Waals surface area contributed by atoms with Gasteiger partial charge in [-0.25, -0.2) is 4.79 Å². The second-order valence-electron chi connectivity index (χ2n) is 5.13. The van der Waals surface area contributed by atoms with Gasteiger partial charge >= 0.3 is 11.9 Å². The van der Waals surface area contributed by atoms with E-state index in [-0.39, 0.29) is 6.42 Å². The third-order valence-corrected chi connectivity index (χ3v) is 2.99. The Hall–Kier alpha value is -2.73. The minimum atomic E-state index is -1.40. The Bertz CT molecular complexity index is 524. The molecule has 0 aliphatic heterocycles. The standard InChI is InChI=1S/C13H22N4O8/c1-6(16-12(23)7(14)5-18)11(22)15-4-9(19)17-8(13(24)25)2-3-10(20)21/h6-8,18H,2-5,14H2,1H3,(H,15,22)(H,16,23)(H,17,19)(H,20,21)(H,24,25). The number of hydrogen-bond donors (Lipinski definition) is 7. The summed E-state index contributed by atoms with van der Waals surface area (Å²) in [5.41, 5.74) is 5.26. The summed E-state index contributed by atoms with van der Waals surface area (Å²) in [7, 11) is 0. The van der Waals surface area contributed by atoms with Gasteiger partial charge in [0.05, 0.1) is 13.2 Å². The molecule has 12 nitrogen and oxygen atoms in total. The molecule has 3 unspecified atom stereocenters. The predicted molar refractivity (Wildman–Crippen MR) is 82.1 cm³/mol. The van der Waals surface area contributed by atoms with Gasteiger partial charge in [0, 0.05) is 6.42 Å². The van der Waals surface area contributed by atoms with E-state index in [0.717, 1.165) is 0 Å². The zero-order chi connectivity index (χ0) is 19.6. The maximum atomic E-state index is 11.7. The Kier molecular flexibility index (Phi) is 9.74. The lowest BCUT2D eigenvalue weighted by Crippen LogP contribution is -2.53. The third kappa shape index (κ3) is 9.22. The predicted octanol–water partition coefficient (Wildman–Crippen LogP) is -3.64. The number of aliphatic hydroxyl groups is 1. The highest BCUT2D eigenvalue weighted by atomic mass is 16.4. The molecule has 8 N–H and O–H groups in total. The first kappa shape index (κ1) is 22.3. The number of nitrogens with two attached hydrogens (primary N) is 1. The van der Waals surface area contributed by atoms with Crippen LogP contribution in [0, 0.1) is 0 Å². The average Bonchev–Trinajstić information content (AvgIpc) is 2.54. The normalized spacial score (nSPS) is 13.9. The molecule has 0 aliphatic rings. The van der Waals surface area contributed by atoms with Gasteiger partial charge in [0.2, 0.25) is 17.7 Å².